The predicted molar refractivity (Wildman–Crippen MR) is 48.7 cm³/mol. The maximum atomic E-state index is 4.29. The van der Waals surface area contributed by atoms with Crippen LogP contribution >= 0.6 is 15.9 Å². The Bertz CT molecular complexity index is 299. The number of hydrogen-bond donors (Lipinski definition) is 2. The van der Waals surface area contributed by atoms with Gasteiger partial charge in [0.05, 0.1) is 12.2 Å². The van der Waals surface area contributed by atoms with Gasteiger partial charge in [-0.1, -0.05) is 0 Å². The minimum atomic E-state index is 0.472. The van der Waals surface area contributed by atoms with Gasteiger partial charge in [-0.2, -0.15) is 0 Å². The first-order valence-corrected chi connectivity index (χ1v) is 5.08. The van der Waals surface area contributed by atoms with Crippen LogP contribution in [0.25, 0.3) is 0 Å². The molecule has 3 nitrogen and oxygen atoms in total. The summed E-state index contributed by atoms with van der Waals surface area (Å²) < 4.78 is 0.972. The minimum absolute atomic E-state index is 0.472. The van der Waals surface area contributed by atoms with Crippen molar-refractivity contribution >= 4 is 15.9 Å². The Balaban J connectivity index is 1.81. The van der Waals surface area contributed by atoms with Gasteiger partial charge < -0.3 is 10.3 Å². The summed E-state index contributed by atoms with van der Waals surface area (Å²) in [4.78, 5) is 7.49. The summed E-state index contributed by atoms with van der Waals surface area (Å²) in [6, 6.07) is 1.26. The third-order valence-electron chi connectivity index (χ3n) is 2.77. The minimum Gasteiger partial charge on any atom is -0.335 e. The Morgan fingerprint density at radius 2 is 2.42 bits per heavy atom. The molecule has 1 unspecified atom stereocenters. The van der Waals surface area contributed by atoms with Crippen molar-refractivity contribution in [3.63, 3.8) is 0 Å². The van der Waals surface area contributed by atoms with Gasteiger partial charge in [0.2, 0.25) is 0 Å². The van der Waals surface area contributed by atoms with Gasteiger partial charge in [0.25, 0.3) is 0 Å². The molecule has 1 aromatic heterocycles. The molecule has 3 rings (SSSR count). The molecule has 0 radical (unpaired) electrons. The van der Waals surface area contributed by atoms with Crippen molar-refractivity contribution in [1.82, 2.24) is 15.3 Å². The zero-order valence-corrected chi connectivity index (χ0v) is 8.13. The molecule has 3 atom stereocenters. The monoisotopic (exact) mass is 227 g/mol. The molecule has 4 heteroatoms. The molecule has 2 aliphatic rings. The summed E-state index contributed by atoms with van der Waals surface area (Å²) in [6.07, 6.45) is 4.45. The molecule has 0 aromatic carbocycles. The molecule has 0 spiro atoms. The third-order valence-corrected chi connectivity index (χ3v) is 3.17. The summed E-state index contributed by atoms with van der Waals surface area (Å²) in [6.45, 7) is 0. The van der Waals surface area contributed by atoms with Crippen LogP contribution in [0, 0.1) is 5.92 Å². The summed E-state index contributed by atoms with van der Waals surface area (Å²) in [7, 11) is 0. The van der Waals surface area contributed by atoms with Crippen LogP contribution in [0.4, 0.5) is 0 Å². The quantitative estimate of drug-likeness (QED) is 0.766. The molecule has 1 aromatic rings. The number of H-pyrrole nitrogens is 1. The van der Waals surface area contributed by atoms with Crippen LogP contribution in [0.5, 0.6) is 0 Å². The zero-order valence-electron chi connectivity index (χ0n) is 6.55. The molecular weight excluding hydrogens is 218 g/mol. The number of aromatic amines is 1. The van der Waals surface area contributed by atoms with Crippen LogP contribution in [-0.2, 0) is 0 Å². The van der Waals surface area contributed by atoms with Gasteiger partial charge in [0, 0.05) is 6.04 Å². The molecule has 0 bridgehead atoms. The number of aromatic nitrogens is 2. The number of fused-ring (bicyclic) bond motifs is 1. The van der Waals surface area contributed by atoms with Crippen LogP contribution in [0.1, 0.15) is 24.7 Å². The SMILES string of the molecule is Brc1cnc([C@@H]2CC3C[C@H]3N2)[nH]1. The summed E-state index contributed by atoms with van der Waals surface area (Å²) in [5.74, 6) is 2.01. The van der Waals surface area contributed by atoms with Crippen LogP contribution < -0.4 is 5.32 Å². The second kappa shape index (κ2) is 2.33. The van der Waals surface area contributed by atoms with E-state index in [4.69, 9.17) is 0 Å². The second-order valence-electron chi connectivity index (χ2n) is 3.67. The van der Waals surface area contributed by atoms with Crippen molar-refractivity contribution in [3.05, 3.63) is 16.6 Å². The Morgan fingerprint density at radius 3 is 3.00 bits per heavy atom. The zero-order chi connectivity index (χ0) is 8.13. The number of nitrogens with one attached hydrogen (secondary N) is 2. The third kappa shape index (κ3) is 1.02. The summed E-state index contributed by atoms with van der Waals surface area (Å²) >= 11 is 3.36. The molecule has 1 saturated heterocycles. The standard InChI is InChI=1S/C8H10BrN3/c9-7-3-10-8(12-7)6-2-4-1-5(4)11-6/h3-6,11H,1-2H2,(H,10,12)/t4?,5-,6+/m1/s1. The number of halogens is 1. The average Bonchev–Trinajstić information content (AvgIpc) is 2.49. The van der Waals surface area contributed by atoms with Crippen LogP contribution in [0.3, 0.4) is 0 Å². The highest BCUT2D eigenvalue weighted by Gasteiger charge is 2.46. The summed E-state index contributed by atoms with van der Waals surface area (Å²) in [5, 5.41) is 3.54. The topological polar surface area (TPSA) is 40.7 Å². The van der Waals surface area contributed by atoms with Crippen molar-refractivity contribution in [1.29, 1.82) is 0 Å². The number of piperidine rings is 1. The summed E-state index contributed by atoms with van der Waals surface area (Å²) in [5.41, 5.74) is 0. The maximum absolute atomic E-state index is 4.29. The fraction of sp³-hybridized carbons (Fsp3) is 0.625. The first-order chi connectivity index (χ1) is 5.83. The maximum Gasteiger partial charge on any atom is 0.124 e. The van der Waals surface area contributed by atoms with E-state index in [0.29, 0.717) is 6.04 Å². The van der Waals surface area contributed by atoms with Crippen molar-refractivity contribution in [2.24, 2.45) is 5.92 Å². The van der Waals surface area contributed by atoms with Gasteiger partial charge >= 0.3 is 0 Å². The molecule has 64 valence electrons. The fourth-order valence-electron chi connectivity index (χ4n) is 2.02. The molecule has 2 fully saturated rings. The van der Waals surface area contributed by atoms with Gasteiger partial charge in [0.1, 0.15) is 10.4 Å². The van der Waals surface area contributed by atoms with Gasteiger partial charge in [-0.05, 0) is 34.7 Å². The van der Waals surface area contributed by atoms with Gasteiger partial charge in [0.15, 0.2) is 0 Å². The number of hydrogen-bond acceptors (Lipinski definition) is 2. The van der Waals surface area contributed by atoms with Crippen molar-refractivity contribution in [2.45, 2.75) is 24.9 Å². The lowest BCUT2D eigenvalue weighted by molar-refractivity contribution is 0.542. The first-order valence-electron chi connectivity index (χ1n) is 4.29. The van der Waals surface area contributed by atoms with Crippen molar-refractivity contribution < 1.29 is 0 Å². The molecular formula is C8H10BrN3. The van der Waals surface area contributed by atoms with Gasteiger partial charge in [-0.15, -0.1) is 0 Å². The number of rotatable bonds is 1. The smallest absolute Gasteiger partial charge is 0.124 e. The molecule has 1 aliphatic heterocycles. The molecule has 0 amide bonds. The lowest BCUT2D eigenvalue weighted by Crippen LogP contribution is -2.18. The Labute approximate surface area is 79.1 Å². The van der Waals surface area contributed by atoms with Crippen molar-refractivity contribution in [3.8, 4) is 0 Å². The highest BCUT2D eigenvalue weighted by Crippen LogP contribution is 2.45. The highest BCUT2D eigenvalue weighted by molar-refractivity contribution is 9.10. The van der Waals surface area contributed by atoms with Gasteiger partial charge in [-0.25, -0.2) is 4.98 Å². The Morgan fingerprint density at radius 1 is 1.50 bits per heavy atom. The van der Waals surface area contributed by atoms with Crippen LogP contribution in [-0.4, -0.2) is 16.0 Å². The number of imidazole rings is 1. The van der Waals surface area contributed by atoms with Crippen LogP contribution in [0.15, 0.2) is 10.8 Å². The van der Waals surface area contributed by atoms with E-state index in [9.17, 15) is 0 Å². The molecule has 2 N–H and O–H groups in total. The second-order valence-corrected chi connectivity index (χ2v) is 4.53. The largest absolute Gasteiger partial charge is 0.335 e. The van der Waals surface area contributed by atoms with E-state index < -0.39 is 0 Å². The molecule has 2 heterocycles. The predicted octanol–water partition coefficient (Wildman–Crippen LogP) is 1.60. The van der Waals surface area contributed by atoms with E-state index in [1.165, 1.54) is 12.8 Å². The molecule has 1 aliphatic carbocycles. The van der Waals surface area contributed by atoms with E-state index in [1.807, 2.05) is 6.20 Å². The Hall–Kier alpha value is -0.350. The Kier molecular flexibility index (Phi) is 1.37. The highest BCUT2D eigenvalue weighted by atomic mass is 79.9. The van der Waals surface area contributed by atoms with E-state index in [-0.39, 0.29) is 0 Å². The lowest BCUT2D eigenvalue weighted by atomic mass is 10.2. The van der Waals surface area contributed by atoms with Gasteiger partial charge in [-0.3, -0.25) is 0 Å². The molecule has 12 heavy (non-hydrogen) atoms. The van der Waals surface area contributed by atoms with E-state index in [1.54, 1.807) is 0 Å². The van der Waals surface area contributed by atoms with E-state index in [0.717, 1.165) is 22.4 Å². The average molecular weight is 228 g/mol. The lowest BCUT2D eigenvalue weighted by Gasteiger charge is -2.08. The number of nitrogens with zero attached hydrogens (tertiary/aromatic N) is 1. The molecule has 1 saturated carbocycles. The first kappa shape index (κ1) is 7.09. The van der Waals surface area contributed by atoms with E-state index in [2.05, 4.69) is 31.2 Å². The van der Waals surface area contributed by atoms with E-state index >= 15 is 0 Å². The van der Waals surface area contributed by atoms with Crippen LogP contribution in [0.2, 0.25) is 0 Å². The van der Waals surface area contributed by atoms with Crippen molar-refractivity contribution in [2.75, 3.05) is 0 Å². The normalized spacial score (nSPS) is 38.2. The fourth-order valence-corrected chi connectivity index (χ4v) is 2.33.